The lowest BCUT2D eigenvalue weighted by Crippen LogP contribution is -2.14. The molecule has 3 aromatic rings. The molecule has 0 aliphatic carbocycles. The van der Waals surface area contributed by atoms with Crippen LogP contribution in [0.2, 0.25) is 5.02 Å². The zero-order valence-corrected chi connectivity index (χ0v) is 18.5. The fraction of sp³-hybridized carbons (Fsp3) is 0.0833. The first kappa shape index (κ1) is 21.6. The summed E-state index contributed by atoms with van der Waals surface area (Å²) in [6.45, 7) is 2.22. The van der Waals surface area contributed by atoms with Gasteiger partial charge in [-0.2, -0.15) is 5.26 Å². The van der Waals surface area contributed by atoms with E-state index in [1.54, 1.807) is 31.2 Å². The number of ether oxygens (including phenoxy) is 1. The average molecular weight is 482 g/mol. The van der Waals surface area contributed by atoms with Crippen LogP contribution in [0.15, 0.2) is 76.8 Å². The molecule has 0 bridgehead atoms. The Bertz CT molecular complexity index is 1130. The Morgan fingerprint density at radius 1 is 1.17 bits per heavy atom. The zero-order valence-electron chi connectivity index (χ0n) is 16.2. The molecule has 4 nitrogen and oxygen atoms in total. The topological polar surface area (TPSA) is 62.1 Å². The lowest BCUT2D eigenvalue weighted by Gasteiger charge is -2.09. The van der Waals surface area contributed by atoms with E-state index in [1.165, 1.54) is 6.08 Å². The second-order valence-electron chi connectivity index (χ2n) is 6.52. The molecule has 0 aromatic heterocycles. The Morgan fingerprint density at radius 3 is 2.63 bits per heavy atom. The summed E-state index contributed by atoms with van der Waals surface area (Å²) >= 11 is 9.50. The van der Waals surface area contributed by atoms with Gasteiger partial charge in [-0.3, -0.25) is 4.79 Å². The molecule has 0 heterocycles. The molecule has 0 saturated heterocycles. The van der Waals surface area contributed by atoms with Gasteiger partial charge in [0.15, 0.2) is 0 Å². The molecule has 0 fully saturated rings. The monoisotopic (exact) mass is 480 g/mol. The van der Waals surface area contributed by atoms with Crippen LogP contribution in [0.25, 0.3) is 6.08 Å². The number of rotatable bonds is 6. The van der Waals surface area contributed by atoms with Crippen LogP contribution < -0.4 is 10.1 Å². The highest BCUT2D eigenvalue weighted by molar-refractivity contribution is 9.10. The van der Waals surface area contributed by atoms with Crippen molar-refractivity contribution in [2.75, 3.05) is 5.32 Å². The summed E-state index contributed by atoms with van der Waals surface area (Å²) in [6, 6.07) is 22.3. The molecule has 0 saturated carbocycles. The van der Waals surface area contributed by atoms with Gasteiger partial charge >= 0.3 is 0 Å². The van der Waals surface area contributed by atoms with Gasteiger partial charge in [-0.1, -0.05) is 57.9 Å². The molecule has 30 heavy (non-hydrogen) atoms. The van der Waals surface area contributed by atoms with E-state index in [-0.39, 0.29) is 5.57 Å². The van der Waals surface area contributed by atoms with Crippen molar-refractivity contribution in [1.29, 1.82) is 5.26 Å². The van der Waals surface area contributed by atoms with Crippen molar-refractivity contribution in [1.82, 2.24) is 0 Å². The molecular weight excluding hydrogens is 464 g/mol. The number of amides is 1. The number of benzene rings is 3. The van der Waals surface area contributed by atoms with Crippen LogP contribution in [0.3, 0.4) is 0 Å². The summed E-state index contributed by atoms with van der Waals surface area (Å²) in [4.78, 5) is 12.6. The first-order valence-corrected chi connectivity index (χ1v) is 10.3. The Hall–Kier alpha value is -3.07. The molecule has 3 rings (SSSR count). The molecular formula is C24H18BrClN2O2. The highest BCUT2D eigenvalue weighted by Gasteiger charge is 2.12. The summed E-state index contributed by atoms with van der Waals surface area (Å²) in [7, 11) is 0. The number of nitrogens with zero attached hydrogens (tertiary/aromatic N) is 1. The summed E-state index contributed by atoms with van der Waals surface area (Å²) < 4.78 is 6.84. The Morgan fingerprint density at radius 2 is 1.90 bits per heavy atom. The van der Waals surface area contributed by atoms with Gasteiger partial charge in [-0.05, 0) is 66.1 Å². The van der Waals surface area contributed by atoms with Crippen LogP contribution in [0.4, 0.5) is 5.69 Å². The number of nitrogens with one attached hydrogen (secondary N) is 1. The van der Waals surface area contributed by atoms with E-state index in [0.29, 0.717) is 28.6 Å². The predicted octanol–water partition coefficient (Wildman–Crippen LogP) is 6.54. The Kier molecular flexibility index (Phi) is 7.29. The first-order chi connectivity index (χ1) is 14.5. The molecule has 0 aliphatic heterocycles. The van der Waals surface area contributed by atoms with Gasteiger partial charge in [0, 0.05) is 15.2 Å². The molecule has 1 N–H and O–H groups in total. The minimum Gasteiger partial charge on any atom is -0.489 e. The van der Waals surface area contributed by atoms with Crippen LogP contribution in [-0.2, 0) is 11.4 Å². The van der Waals surface area contributed by atoms with Crippen molar-refractivity contribution in [3.05, 3.63) is 98.5 Å². The third kappa shape index (κ3) is 5.73. The van der Waals surface area contributed by atoms with E-state index >= 15 is 0 Å². The first-order valence-electron chi connectivity index (χ1n) is 9.12. The molecule has 1 amide bonds. The number of hydrogen-bond donors (Lipinski definition) is 1. The maximum atomic E-state index is 12.6. The SMILES string of the molecule is Cc1c(Cl)cccc1NC(=O)/C(C#N)=C\c1cccc(OCc2ccc(Br)cc2)c1. The smallest absolute Gasteiger partial charge is 0.266 e. The number of hydrogen-bond acceptors (Lipinski definition) is 3. The van der Waals surface area contributed by atoms with E-state index in [2.05, 4.69) is 21.2 Å². The van der Waals surface area contributed by atoms with Gasteiger partial charge in [0.25, 0.3) is 5.91 Å². The lowest BCUT2D eigenvalue weighted by atomic mass is 10.1. The van der Waals surface area contributed by atoms with Crippen molar-refractivity contribution in [2.45, 2.75) is 13.5 Å². The summed E-state index contributed by atoms with van der Waals surface area (Å²) in [5.41, 5.74) is 3.03. The molecule has 150 valence electrons. The second kappa shape index (κ2) is 10.1. The van der Waals surface area contributed by atoms with E-state index in [4.69, 9.17) is 16.3 Å². The highest BCUT2D eigenvalue weighted by atomic mass is 79.9. The number of carbonyl (C=O) groups is 1. The minimum absolute atomic E-state index is 0.0144. The number of carbonyl (C=O) groups excluding carboxylic acids is 1. The van der Waals surface area contributed by atoms with Crippen LogP contribution >= 0.6 is 27.5 Å². The molecule has 0 radical (unpaired) electrons. The van der Waals surface area contributed by atoms with E-state index in [0.717, 1.165) is 15.6 Å². The van der Waals surface area contributed by atoms with Gasteiger partial charge in [-0.25, -0.2) is 0 Å². The maximum absolute atomic E-state index is 12.6. The highest BCUT2D eigenvalue weighted by Crippen LogP contribution is 2.24. The molecule has 0 atom stereocenters. The van der Waals surface area contributed by atoms with Crippen LogP contribution in [0.1, 0.15) is 16.7 Å². The predicted molar refractivity (Wildman–Crippen MR) is 123 cm³/mol. The van der Waals surface area contributed by atoms with Crippen LogP contribution in [0.5, 0.6) is 5.75 Å². The van der Waals surface area contributed by atoms with Gasteiger partial charge in [0.05, 0.1) is 0 Å². The number of anilines is 1. The van der Waals surface area contributed by atoms with E-state index < -0.39 is 5.91 Å². The van der Waals surface area contributed by atoms with Gasteiger partial charge in [0.2, 0.25) is 0 Å². The quantitative estimate of drug-likeness (QED) is 0.321. The standard InChI is InChI=1S/C24H18BrClN2O2/c1-16-22(26)6-3-7-23(16)28-24(29)19(14-27)12-18-4-2-5-21(13-18)30-15-17-8-10-20(25)11-9-17/h2-13H,15H2,1H3,(H,28,29)/b19-12-. The van der Waals surface area contributed by atoms with Crippen LogP contribution in [-0.4, -0.2) is 5.91 Å². The minimum atomic E-state index is -0.496. The molecule has 0 aliphatic rings. The average Bonchev–Trinajstić information content (AvgIpc) is 2.75. The van der Waals surface area contributed by atoms with E-state index in [1.807, 2.05) is 48.5 Å². The van der Waals surface area contributed by atoms with Gasteiger partial charge in [0.1, 0.15) is 24.0 Å². The Labute approximate surface area is 188 Å². The summed E-state index contributed by atoms with van der Waals surface area (Å²) in [5.74, 6) is 0.152. The fourth-order valence-corrected chi connectivity index (χ4v) is 3.13. The molecule has 6 heteroatoms. The largest absolute Gasteiger partial charge is 0.489 e. The number of nitriles is 1. The molecule has 0 unspecified atom stereocenters. The van der Waals surface area contributed by atoms with Gasteiger partial charge in [-0.15, -0.1) is 0 Å². The lowest BCUT2D eigenvalue weighted by molar-refractivity contribution is -0.112. The number of halogens is 2. The van der Waals surface area contributed by atoms with Crippen molar-refractivity contribution >= 4 is 45.2 Å². The van der Waals surface area contributed by atoms with Crippen molar-refractivity contribution in [2.24, 2.45) is 0 Å². The molecule has 3 aromatic carbocycles. The maximum Gasteiger partial charge on any atom is 0.266 e. The fourth-order valence-electron chi connectivity index (χ4n) is 2.69. The molecule has 0 spiro atoms. The van der Waals surface area contributed by atoms with Gasteiger partial charge < -0.3 is 10.1 Å². The van der Waals surface area contributed by atoms with Crippen LogP contribution in [0, 0.1) is 18.3 Å². The third-order valence-corrected chi connectivity index (χ3v) is 5.31. The van der Waals surface area contributed by atoms with Crippen molar-refractivity contribution in [3.8, 4) is 11.8 Å². The second-order valence-corrected chi connectivity index (χ2v) is 7.85. The summed E-state index contributed by atoms with van der Waals surface area (Å²) in [6.07, 6.45) is 1.53. The normalized spacial score (nSPS) is 10.9. The van der Waals surface area contributed by atoms with Crippen molar-refractivity contribution < 1.29 is 9.53 Å². The zero-order chi connectivity index (χ0) is 21.5. The third-order valence-electron chi connectivity index (χ3n) is 4.37. The van der Waals surface area contributed by atoms with Crippen molar-refractivity contribution in [3.63, 3.8) is 0 Å². The Balaban J connectivity index is 1.73. The van der Waals surface area contributed by atoms with E-state index in [9.17, 15) is 10.1 Å². The summed E-state index contributed by atoms with van der Waals surface area (Å²) in [5, 5.41) is 12.7.